The zero-order valence-electron chi connectivity index (χ0n) is 11.8. The summed E-state index contributed by atoms with van der Waals surface area (Å²) in [5, 5.41) is 10.0. The zero-order valence-corrected chi connectivity index (χ0v) is 11.8. The highest BCUT2D eigenvalue weighted by atomic mass is 16.5. The van der Waals surface area contributed by atoms with Gasteiger partial charge in [0.2, 0.25) is 0 Å². The lowest BCUT2D eigenvalue weighted by atomic mass is 10.3. The molecule has 0 aliphatic carbocycles. The molecule has 5 heteroatoms. The minimum atomic E-state index is 0.770. The van der Waals surface area contributed by atoms with Gasteiger partial charge in [-0.1, -0.05) is 5.22 Å². The molecule has 0 fully saturated rings. The third kappa shape index (κ3) is 3.47. The van der Waals surface area contributed by atoms with Crippen LogP contribution in [0.15, 0.2) is 58.9 Å². The van der Waals surface area contributed by atoms with E-state index in [-0.39, 0.29) is 0 Å². The zero-order chi connectivity index (χ0) is 14.4. The first-order valence-corrected chi connectivity index (χ1v) is 6.16. The average molecular weight is 271 g/mol. The van der Waals surface area contributed by atoms with Gasteiger partial charge in [-0.2, -0.15) is 0 Å². The van der Waals surface area contributed by atoms with Crippen molar-refractivity contribution in [3.63, 3.8) is 0 Å². The summed E-state index contributed by atoms with van der Waals surface area (Å²) in [7, 11) is 5.12. The van der Waals surface area contributed by atoms with Crippen LogP contribution in [0.25, 0.3) is 0 Å². The molecule has 104 valence electrons. The maximum atomic E-state index is 5.12. The predicted molar refractivity (Wildman–Crippen MR) is 78.9 cm³/mol. The van der Waals surface area contributed by atoms with Gasteiger partial charge in [-0.15, -0.1) is 5.11 Å². The molecule has 0 aromatic heterocycles. The van der Waals surface area contributed by atoms with Gasteiger partial charge in [-0.05, 0) is 48.5 Å². The third-order valence-electron chi connectivity index (χ3n) is 2.81. The molecule has 0 aliphatic heterocycles. The summed E-state index contributed by atoms with van der Waals surface area (Å²) in [4.78, 5) is 0. The topological polar surface area (TPSA) is 46.4 Å². The monoisotopic (exact) mass is 271 g/mol. The average Bonchev–Trinajstić information content (AvgIpc) is 2.53. The molecule has 2 rings (SSSR count). The van der Waals surface area contributed by atoms with Crippen LogP contribution in [-0.2, 0) is 0 Å². The Balaban J connectivity index is 2.04. The molecule has 0 aliphatic rings. The highest BCUT2D eigenvalue weighted by molar-refractivity contribution is 5.48. The van der Waals surface area contributed by atoms with Crippen LogP contribution in [0.5, 0.6) is 11.5 Å². The van der Waals surface area contributed by atoms with E-state index in [9.17, 15) is 0 Å². The van der Waals surface area contributed by atoms with E-state index in [1.807, 2.05) is 55.6 Å². The molecule has 20 heavy (non-hydrogen) atoms. The van der Waals surface area contributed by atoms with Crippen molar-refractivity contribution in [1.29, 1.82) is 0 Å². The normalized spacial score (nSPS) is 10.6. The van der Waals surface area contributed by atoms with E-state index in [4.69, 9.17) is 9.47 Å². The smallest absolute Gasteiger partial charge is 0.119 e. The fourth-order valence-electron chi connectivity index (χ4n) is 1.62. The Morgan fingerprint density at radius 1 is 0.800 bits per heavy atom. The van der Waals surface area contributed by atoms with Crippen LogP contribution in [-0.4, -0.2) is 21.3 Å². The number of ether oxygens (including phenoxy) is 2. The number of hydrogen-bond acceptors (Lipinski definition) is 4. The van der Waals surface area contributed by atoms with Gasteiger partial charge in [-0.3, -0.25) is 0 Å². The van der Waals surface area contributed by atoms with Crippen molar-refractivity contribution >= 4 is 11.4 Å². The highest BCUT2D eigenvalue weighted by Gasteiger charge is 1.99. The third-order valence-corrected chi connectivity index (χ3v) is 2.81. The molecule has 0 unspecified atom stereocenters. The van der Waals surface area contributed by atoms with Gasteiger partial charge in [0.05, 0.1) is 25.6 Å². The van der Waals surface area contributed by atoms with Crippen LogP contribution in [0.1, 0.15) is 0 Å². The van der Waals surface area contributed by atoms with Gasteiger partial charge < -0.3 is 9.47 Å². The molecule has 0 amide bonds. The van der Waals surface area contributed by atoms with Crippen LogP contribution < -0.4 is 14.5 Å². The molecule has 0 radical (unpaired) electrons. The Morgan fingerprint density at radius 3 is 1.80 bits per heavy atom. The molecule has 5 nitrogen and oxygen atoms in total. The number of anilines is 1. The van der Waals surface area contributed by atoms with Gasteiger partial charge in [-0.25, -0.2) is 5.01 Å². The lowest BCUT2D eigenvalue weighted by Crippen LogP contribution is -2.06. The molecular weight excluding hydrogens is 254 g/mol. The van der Waals surface area contributed by atoms with E-state index in [0.717, 1.165) is 22.9 Å². The predicted octanol–water partition coefficient (Wildman–Crippen LogP) is 3.84. The first-order chi connectivity index (χ1) is 9.72. The van der Waals surface area contributed by atoms with Crippen molar-refractivity contribution in [2.75, 3.05) is 26.3 Å². The second-order valence-corrected chi connectivity index (χ2v) is 4.11. The van der Waals surface area contributed by atoms with Crippen molar-refractivity contribution < 1.29 is 9.47 Å². The number of rotatable bonds is 5. The SMILES string of the molecule is COc1ccc(N=NN(C)c2ccc(OC)cc2)cc1. The van der Waals surface area contributed by atoms with E-state index in [1.165, 1.54) is 0 Å². The summed E-state index contributed by atoms with van der Waals surface area (Å²) in [6, 6.07) is 15.0. The van der Waals surface area contributed by atoms with Crippen LogP contribution in [0.2, 0.25) is 0 Å². The number of methoxy groups -OCH3 is 2. The summed E-state index contributed by atoms with van der Waals surface area (Å²) in [6.45, 7) is 0. The molecule has 2 aromatic carbocycles. The van der Waals surface area contributed by atoms with E-state index >= 15 is 0 Å². The van der Waals surface area contributed by atoms with E-state index in [1.54, 1.807) is 19.2 Å². The standard InChI is InChI=1S/C15H17N3O2/c1-18(13-6-10-15(20-3)11-7-13)17-16-12-4-8-14(19-2)9-5-12/h4-11H,1-3H3. The first-order valence-electron chi connectivity index (χ1n) is 6.16. The Bertz CT molecular complexity index is 565. The van der Waals surface area contributed by atoms with Crippen molar-refractivity contribution in [3.05, 3.63) is 48.5 Å². The number of hydrogen-bond donors (Lipinski definition) is 0. The van der Waals surface area contributed by atoms with Crippen LogP contribution in [0.4, 0.5) is 11.4 Å². The van der Waals surface area contributed by atoms with Crippen LogP contribution >= 0.6 is 0 Å². The quantitative estimate of drug-likeness (QED) is 0.613. The fraction of sp³-hybridized carbons (Fsp3) is 0.200. The van der Waals surface area contributed by atoms with Gasteiger partial charge >= 0.3 is 0 Å². The minimum Gasteiger partial charge on any atom is -0.497 e. The summed E-state index contributed by atoms with van der Waals surface area (Å²) < 4.78 is 10.2. The van der Waals surface area contributed by atoms with Gasteiger partial charge in [0.1, 0.15) is 11.5 Å². The minimum absolute atomic E-state index is 0.770. The Labute approximate surface area is 118 Å². The summed E-state index contributed by atoms with van der Waals surface area (Å²) >= 11 is 0. The first kappa shape index (κ1) is 13.9. The van der Waals surface area contributed by atoms with Gasteiger partial charge in [0.25, 0.3) is 0 Å². The van der Waals surface area contributed by atoms with Gasteiger partial charge in [0.15, 0.2) is 0 Å². The molecule has 0 heterocycles. The van der Waals surface area contributed by atoms with Crippen molar-refractivity contribution in [2.24, 2.45) is 10.3 Å². The molecule has 2 aromatic rings. The Kier molecular flexibility index (Phi) is 4.55. The Hall–Kier alpha value is -2.56. The van der Waals surface area contributed by atoms with Crippen LogP contribution in [0.3, 0.4) is 0 Å². The molecular formula is C15H17N3O2. The largest absolute Gasteiger partial charge is 0.497 e. The van der Waals surface area contributed by atoms with E-state index < -0.39 is 0 Å². The number of nitrogens with zero attached hydrogens (tertiary/aromatic N) is 3. The maximum Gasteiger partial charge on any atom is 0.119 e. The van der Waals surface area contributed by atoms with Gasteiger partial charge in [0, 0.05) is 7.05 Å². The highest BCUT2D eigenvalue weighted by Crippen LogP contribution is 2.21. The molecule has 0 saturated carbocycles. The second-order valence-electron chi connectivity index (χ2n) is 4.11. The van der Waals surface area contributed by atoms with Crippen molar-refractivity contribution in [2.45, 2.75) is 0 Å². The maximum absolute atomic E-state index is 5.12. The molecule has 0 atom stereocenters. The molecule has 0 saturated heterocycles. The summed E-state index contributed by atoms with van der Waals surface area (Å²) in [5.74, 6) is 1.61. The fourth-order valence-corrected chi connectivity index (χ4v) is 1.62. The molecule has 0 bridgehead atoms. The summed E-state index contributed by atoms with van der Waals surface area (Å²) in [6.07, 6.45) is 0. The van der Waals surface area contributed by atoms with Crippen molar-refractivity contribution in [3.8, 4) is 11.5 Å². The lowest BCUT2D eigenvalue weighted by Gasteiger charge is -2.11. The van der Waals surface area contributed by atoms with Crippen molar-refractivity contribution in [1.82, 2.24) is 0 Å². The van der Waals surface area contributed by atoms with Crippen LogP contribution in [0, 0.1) is 0 Å². The van der Waals surface area contributed by atoms with E-state index in [0.29, 0.717) is 0 Å². The van der Waals surface area contributed by atoms with E-state index in [2.05, 4.69) is 10.3 Å². The summed E-state index contributed by atoms with van der Waals surface area (Å²) in [5.41, 5.74) is 1.70. The number of benzene rings is 2. The second kappa shape index (κ2) is 6.56. The molecule has 0 N–H and O–H groups in total. The molecule has 0 spiro atoms. The Morgan fingerprint density at radius 2 is 1.30 bits per heavy atom. The lowest BCUT2D eigenvalue weighted by molar-refractivity contribution is 0.415.